The predicted molar refractivity (Wildman–Crippen MR) is 126 cm³/mol. The fraction of sp³-hybridized carbons (Fsp3) is 0.0476. The third-order valence-corrected chi connectivity index (χ3v) is 5.93. The van der Waals surface area contributed by atoms with Gasteiger partial charge in [0.1, 0.15) is 17.9 Å². The molecule has 1 N–H and O–H groups in total. The number of anilines is 1. The molecule has 0 spiro atoms. The minimum Gasteiger partial charge on any atom is -0.487 e. The van der Waals surface area contributed by atoms with Gasteiger partial charge in [-0.2, -0.15) is 0 Å². The molecule has 3 aromatic rings. The highest BCUT2D eigenvalue weighted by molar-refractivity contribution is 7.80. The molecule has 6 nitrogen and oxygen atoms in total. The molecule has 1 aliphatic rings. The van der Waals surface area contributed by atoms with Crippen molar-refractivity contribution in [3.63, 3.8) is 0 Å². The van der Waals surface area contributed by atoms with Crippen LogP contribution >= 0.6 is 46.8 Å². The molecule has 1 saturated heterocycles. The molecule has 1 aromatic heterocycles. The van der Waals surface area contributed by atoms with Crippen molar-refractivity contribution in [1.82, 2.24) is 10.3 Å². The maximum absolute atomic E-state index is 13.1. The zero-order chi connectivity index (χ0) is 22.0. The van der Waals surface area contributed by atoms with Gasteiger partial charge < -0.3 is 4.74 Å². The van der Waals surface area contributed by atoms with Crippen LogP contribution in [0.4, 0.5) is 5.69 Å². The predicted octanol–water partition coefficient (Wildman–Crippen LogP) is 4.86. The van der Waals surface area contributed by atoms with E-state index in [1.54, 1.807) is 54.7 Å². The van der Waals surface area contributed by atoms with Crippen LogP contribution in [-0.4, -0.2) is 21.9 Å². The van der Waals surface area contributed by atoms with Gasteiger partial charge in [-0.15, -0.1) is 11.3 Å². The Balaban J connectivity index is 1.64. The summed E-state index contributed by atoms with van der Waals surface area (Å²) in [7, 11) is 0. The molecule has 31 heavy (non-hydrogen) atoms. The quantitative estimate of drug-likeness (QED) is 0.314. The topological polar surface area (TPSA) is 71.5 Å². The molecule has 0 bridgehead atoms. The van der Waals surface area contributed by atoms with Gasteiger partial charge in [0.2, 0.25) is 0 Å². The van der Waals surface area contributed by atoms with E-state index in [9.17, 15) is 9.59 Å². The minimum atomic E-state index is -0.579. The van der Waals surface area contributed by atoms with Crippen molar-refractivity contribution in [3.8, 4) is 5.75 Å². The summed E-state index contributed by atoms with van der Waals surface area (Å²) in [6, 6.07) is 13.7. The van der Waals surface area contributed by atoms with E-state index >= 15 is 0 Å². The molecular weight excluding hydrogens is 477 g/mol. The third-order valence-electron chi connectivity index (χ3n) is 4.30. The van der Waals surface area contributed by atoms with E-state index < -0.39 is 11.8 Å². The summed E-state index contributed by atoms with van der Waals surface area (Å²) in [5.74, 6) is -0.615. The van der Waals surface area contributed by atoms with Crippen LogP contribution < -0.4 is 15.0 Å². The summed E-state index contributed by atoms with van der Waals surface area (Å²) in [5.41, 5.74) is 0.998. The van der Waals surface area contributed by atoms with Gasteiger partial charge >= 0.3 is 0 Å². The van der Waals surface area contributed by atoms with Crippen molar-refractivity contribution in [2.75, 3.05) is 4.90 Å². The Morgan fingerprint density at radius 1 is 1.13 bits per heavy atom. The van der Waals surface area contributed by atoms with E-state index in [0.717, 1.165) is 4.88 Å². The first-order valence-electron chi connectivity index (χ1n) is 8.91. The number of hydrogen-bond acceptors (Lipinski definition) is 6. The Labute approximate surface area is 197 Å². The lowest BCUT2D eigenvalue weighted by atomic mass is 10.1. The molecule has 2 amide bonds. The number of benzene rings is 2. The Morgan fingerprint density at radius 3 is 2.58 bits per heavy atom. The normalized spacial score (nSPS) is 15.4. The van der Waals surface area contributed by atoms with Crippen molar-refractivity contribution < 1.29 is 14.3 Å². The summed E-state index contributed by atoms with van der Waals surface area (Å²) in [6.45, 7) is 0.256. The maximum atomic E-state index is 13.1. The average Bonchev–Trinajstić information content (AvgIpc) is 3.16. The van der Waals surface area contributed by atoms with Gasteiger partial charge in [-0.25, -0.2) is 4.98 Å². The van der Waals surface area contributed by atoms with Crippen molar-refractivity contribution in [2.45, 2.75) is 6.61 Å². The van der Waals surface area contributed by atoms with Crippen LogP contribution in [0.5, 0.6) is 5.75 Å². The summed E-state index contributed by atoms with van der Waals surface area (Å²) < 4.78 is 6.29. The number of hydrogen-bond donors (Lipinski definition) is 1. The molecule has 0 aliphatic carbocycles. The van der Waals surface area contributed by atoms with Gasteiger partial charge in [0.05, 0.1) is 10.6 Å². The maximum Gasteiger partial charge on any atom is 0.270 e. The largest absolute Gasteiger partial charge is 0.487 e. The van der Waals surface area contributed by atoms with Crippen LogP contribution in [0.3, 0.4) is 0 Å². The lowest BCUT2D eigenvalue weighted by molar-refractivity contribution is -0.122. The van der Waals surface area contributed by atoms with Gasteiger partial charge in [0.25, 0.3) is 11.8 Å². The molecule has 156 valence electrons. The molecule has 2 aromatic carbocycles. The zero-order valence-corrected chi connectivity index (χ0v) is 18.8. The highest BCUT2D eigenvalue weighted by atomic mass is 35.5. The molecule has 4 rings (SSSR count). The number of nitrogens with one attached hydrogen (secondary N) is 1. The van der Waals surface area contributed by atoms with Crippen LogP contribution in [0.2, 0.25) is 9.49 Å². The van der Waals surface area contributed by atoms with Crippen molar-refractivity contribution in [1.29, 1.82) is 0 Å². The highest BCUT2D eigenvalue weighted by Crippen LogP contribution is 2.27. The van der Waals surface area contributed by atoms with E-state index in [0.29, 0.717) is 26.5 Å². The summed E-state index contributed by atoms with van der Waals surface area (Å²) >= 11 is 18.3. The number of thiazole rings is 1. The van der Waals surface area contributed by atoms with Gasteiger partial charge in [0, 0.05) is 16.8 Å². The molecule has 0 atom stereocenters. The Bertz CT molecular complexity index is 1210. The summed E-state index contributed by atoms with van der Waals surface area (Å²) in [4.78, 5) is 31.8. The lowest BCUT2D eigenvalue weighted by Crippen LogP contribution is -2.54. The molecule has 1 fully saturated rings. The number of aromatic nitrogens is 1. The van der Waals surface area contributed by atoms with Gasteiger partial charge in [-0.1, -0.05) is 41.4 Å². The first-order chi connectivity index (χ1) is 14.9. The number of carbonyl (C=O) groups is 2. The van der Waals surface area contributed by atoms with Crippen LogP contribution in [-0.2, 0) is 16.2 Å². The number of thiocarbonyl (C=S) groups is 1. The number of rotatable bonds is 5. The molecule has 10 heteroatoms. The first kappa shape index (κ1) is 21.5. The number of halogens is 2. The van der Waals surface area contributed by atoms with E-state index in [2.05, 4.69) is 10.3 Å². The molecule has 2 heterocycles. The number of carbonyl (C=O) groups excluding carboxylic acids is 2. The Kier molecular flexibility index (Phi) is 6.33. The fourth-order valence-electron chi connectivity index (χ4n) is 2.87. The smallest absolute Gasteiger partial charge is 0.270 e. The second kappa shape index (κ2) is 9.15. The van der Waals surface area contributed by atoms with Gasteiger partial charge in [-0.3, -0.25) is 19.8 Å². The average molecular weight is 490 g/mol. The van der Waals surface area contributed by atoms with E-state index in [4.69, 9.17) is 40.2 Å². The minimum absolute atomic E-state index is 0.00100. The van der Waals surface area contributed by atoms with Crippen LogP contribution in [0.15, 0.2) is 60.3 Å². The Hall–Kier alpha value is -2.78. The van der Waals surface area contributed by atoms with E-state index in [-0.39, 0.29) is 17.3 Å². The highest BCUT2D eigenvalue weighted by Gasteiger charge is 2.34. The second-order valence-corrected chi connectivity index (χ2v) is 8.86. The molecule has 1 aliphatic heterocycles. The number of amides is 2. The van der Waals surface area contributed by atoms with Crippen LogP contribution in [0.25, 0.3) is 6.08 Å². The van der Waals surface area contributed by atoms with Gasteiger partial charge in [0.15, 0.2) is 9.58 Å². The van der Waals surface area contributed by atoms with Gasteiger partial charge in [-0.05, 0) is 48.6 Å². The zero-order valence-electron chi connectivity index (χ0n) is 15.7. The number of para-hydroxylation sites is 1. The molecular formula is C21H13Cl2N3O3S2. The molecule has 0 radical (unpaired) electrons. The van der Waals surface area contributed by atoms with Crippen molar-refractivity contribution in [2.24, 2.45) is 0 Å². The third kappa shape index (κ3) is 4.77. The van der Waals surface area contributed by atoms with E-state index in [1.165, 1.54) is 22.3 Å². The number of ether oxygens (including phenoxy) is 1. The first-order valence-corrected chi connectivity index (χ1v) is 10.9. The van der Waals surface area contributed by atoms with Crippen molar-refractivity contribution in [3.05, 3.63) is 80.2 Å². The summed E-state index contributed by atoms with van der Waals surface area (Å²) in [6.07, 6.45) is 3.12. The van der Waals surface area contributed by atoms with E-state index in [1.807, 2.05) is 0 Å². The Morgan fingerprint density at radius 2 is 1.87 bits per heavy atom. The molecule has 0 saturated carbocycles. The molecule has 0 unspecified atom stereocenters. The van der Waals surface area contributed by atoms with Crippen LogP contribution in [0.1, 0.15) is 10.4 Å². The fourth-order valence-corrected chi connectivity index (χ4v) is 4.17. The lowest BCUT2D eigenvalue weighted by Gasteiger charge is -2.29. The van der Waals surface area contributed by atoms with Crippen molar-refractivity contribution >= 4 is 75.4 Å². The second-order valence-electron chi connectivity index (χ2n) is 6.34. The standard InChI is InChI=1S/C21H13Cl2N3O3S2/c22-13-5-7-14(8-6-13)26-19(28)16(18(27)25-21(26)30)9-12-3-1-2-4-17(12)29-11-15-10-24-20(23)31-15/h1-10H,11H2,(H,25,27,30). The number of nitrogens with zero attached hydrogens (tertiary/aromatic N) is 2. The summed E-state index contributed by atoms with van der Waals surface area (Å²) in [5, 5.41) is 3.08. The SMILES string of the molecule is O=C1NC(=S)N(c2ccc(Cl)cc2)C(=O)C1=Cc1ccccc1OCc1cnc(Cl)s1. The van der Waals surface area contributed by atoms with Crippen LogP contribution in [0, 0.1) is 0 Å². The monoisotopic (exact) mass is 489 g/mol.